The van der Waals surface area contributed by atoms with Crippen LogP contribution in [0.15, 0.2) is 0 Å². The Morgan fingerprint density at radius 3 is 2.15 bits per heavy atom. The van der Waals surface area contributed by atoms with Crippen LogP contribution < -0.4 is 5.32 Å². The molecule has 0 aromatic heterocycles. The van der Waals surface area contributed by atoms with E-state index in [1.807, 2.05) is 0 Å². The molecule has 0 aliphatic carbocycles. The van der Waals surface area contributed by atoms with E-state index in [-0.39, 0.29) is 12.4 Å². The minimum Gasteiger partial charge on any atom is -0.480 e. The first-order chi connectivity index (χ1) is 5.61. The van der Waals surface area contributed by atoms with Crippen LogP contribution in [0.1, 0.15) is 33.6 Å². The summed E-state index contributed by atoms with van der Waals surface area (Å²) >= 11 is 0. The molecule has 0 aromatic carbocycles. The van der Waals surface area contributed by atoms with E-state index < -0.39 is 12.0 Å². The number of carboxylic acids is 1. The van der Waals surface area contributed by atoms with Crippen LogP contribution in [0.25, 0.3) is 0 Å². The second-order valence-electron chi connectivity index (χ2n) is 3.15. The van der Waals surface area contributed by atoms with Gasteiger partial charge in [0.15, 0.2) is 0 Å². The van der Waals surface area contributed by atoms with Crippen molar-refractivity contribution >= 4 is 18.4 Å². The quantitative estimate of drug-likeness (QED) is 0.703. The minimum atomic E-state index is -0.777. The van der Waals surface area contributed by atoms with Crippen molar-refractivity contribution in [3.63, 3.8) is 0 Å². The van der Waals surface area contributed by atoms with E-state index in [2.05, 4.69) is 19.2 Å². The number of nitrogens with one attached hydrogen (secondary N) is 1. The fourth-order valence-corrected chi connectivity index (χ4v) is 1.01. The van der Waals surface area contributed by atoms with Gasteiger partial charge >= 0.3 is 5.97 Å². The Kier molecular flexibility index (Phi) is 9.74. The maximum Gasteiger partial charge on any atom is 0.320 e. The highest BCUT2D eigenvalue weighted by atomic mass is 35.5. The molecule has 13 heavy (non-hydrogen) atoms. The van der Waals surface area contributed by atoms with E-state index in [4.69, 9.17) is 5.11 Å². The van der Waals surface area contributed by atoms with E-state index >= 15 is 0 Å². The van der Waals surface area contributed by atoms with Crippen LogP contribution >= 0.6 is 12.4 Å². The van der Waals surface area contributed by atoms with Gasteiger partial charge in [0, 0.05) is 0 Å². The third-order valence-electron chi connectivity index (χ3n) is 2.24. The van der Waals surface area contributed by atoms with Gasteiger partial charge in [-0.3, -0.25) is 4.79 Å². The number of aliphatic carboxylic acids is 1. The molecule has 0 fully saturated rings. The third kappa shape index (κ3) is 6.84. The predicted molar refractivity (Wildman–Crippen MR) is 56.4 cm³/mol. The first-order valence-electron chi connectivity index (χ1n) is 4.57. The monoisotopic (exact) mass is 209 g/mol. The Morgan fingerprint density at radius 2 is 1.85 bits per heavy atom. The number of carboxylic acid groups (broad SMARTS) is 1. The van der Waals surface area contributed by atoms with E-state index in [0.29, 0.717) is 5.92 Å². The molecule has 0 spiro atoms. The molecule has 3 nitrogen and oxygen atoms in total. The van der Waals surface area contributed by atoms with Crippen molar-refractivity contribution in [2.24, 2.45) is 5.92 Å². The molecule has 4 heteroatoms. The van der Waals surface area contributed by atoms with Crippen molar-refractivity contribution in [2.45, 2.75) is 39.7 Å². The van der Waals surface area contributed by atoms with Crippen LogP contribution in [-0.4, -0.2) is 23.7 Å². The Bertz CT molecular complexity index is 138. The van der Waals surface area contributed by atoms with Gasteiger partial charge < -0.3 is 10.4 Å². The SMILES string of the molecule is CCC(CC)CNC(C)C(=O)O.Cl. The Hall–Kier alpha value is -0.280. The zero-order chi connectivity index (χ0) is 9.56. The standard InChI is InChI=1S/C9H19NO2.ClH/c1-4-8(5-2)6-10-7(3)9(11)12;/h7-8,10H,4-6H2,1-3H3,(H,11,12);1H. The molecule has 0 saturated carbocycles. The summed E-state index contributed by atoms with van der Waals surface area (Å²) in [4.78, 5) is 10.4. The maximum atomic E-state index is 10.4. The lowest BCUT2D eigenvalue weighted by Gasteiger charge is -2.15. The van der Waals surface area contributed by atoms with Crippen LogP contribution in [0, 0.1) is 5.92 Å². The molecule has 1 atom stereocenters. The summed E-state index contributed by atoms with van der Waals surface area (Å²) in [6.07, 6.45) is 2.21. The van der Waals surface area contributed by atoms with Crippen molar-refractivity contribution in [3.8, 4) is 0 Å². The molecular weight excluding hydrogens is 190 g/mol. The summed E-state index contributed by atoms with van der Waals surface area (Å²) in [7, 11) is 0. The summed E-state index contributed by atoms with van der Waals surface area (Å²) in [5.74, 6) is -0.173. The number of hydrogen-bond donors (Lipinski definition) is 2. The molecule has 0 heterocycles. The summed E-state index contributed by atoms with van der Waals surface area (Å²) in [5.41, 5.74) is 0. The van der Waals surface area contributed by atoms with Crippen LogP contribution in [0.4, 0.5) is 0 Å². The van der Waals surface area contributed by atoms with E-state index in [1.165, 1.54) is 0 Å². The Balaban J connectivity index is 0. The first-order valence-corrected chi connectivity index (χ1v) is 4.57. The van der Waals surface area contributed by atoms with E-state index in [0.717, 1.165) is 19.4 Å². The van der Waals surface area contributed by atoms with Crippen molar-refractivity contribution in [3.05, 3.63) is 0 Å². The number of halogens is 1. The largest absolute Gasteiger partial charge is 0.480 e. The lowest BCUT2D eigenvalue weighted by molar-refractivity contribution is -0.139. The molecule has 0 aromatic rings. The van der Waals surface area contributed by atoms with Crippen LogP contribution in [0.5, 0.6) is 0 Å². The predicted octanol–water partition coefficient (Wildman–Crippen LogP) is 1.91. The number of carbonyl (C=O) groups is 1. The molecule has 0 aliphatic heterocycles. The molecule has 80 valence electrons. The topological polar surface area (TPSA) is 49.3 Å². The van der Waals surface area contributed by atoms with Gasteiger partial charge in [0.25, 0.3) is 0 Å². The van der Waals surface area contributed by atoms with Crippen LogP contribution in [0.2, 0.25) is 0 Å². The van der Waals surface area contributed by atoms with Crippen molar-refractivity contribution in [2.75, 3.05) is 6.54 Å². The summed E-state index contributed by atoms with van der Waals surface area (Å²) < 4.78 is 0. The van der Waals surface area contributed by atoms with Gasteiger partial charge in [-0.15, -0.1) is 12.4 Å². The maximum absolute atomic E-state index is 10.4. The second-order valence-corrected chi connectivity index (χ2v) is 3.15. The van der Waals surface area contributed by atoms with Crippen molar-refractivity contribution in [1.82, 2.24) is 5.32 Å². The molecule has 1 unspecified atom stereocenters. The Morgan fingerprint density at radius 1 is 1.38 bits per heavy atom. The normalized spacial score (nSPS) is 12.3. The summed E-state index contributed by atoms with van der Waals surface area (Å²) in [5, 5.41) is 11.6. The lowest BCUT2D eigenvalue weighted by Crippen LogP contribution is -2.36. The fourth-order valence-electron chi connectivity index (χ4n) is 1.01. The molecule has 0 bridgehead atoms. The van der Waals surface area contributed by atoms with Gasteiger partial charge in [0.2, 0.25) is 0 Å². The molecular formula is C9H20ClNO2. The average Bonchev–Trinajstić information content (AvgIpc) is 2.05. The molecule has 0 aliphatic rings. The van der Waals surface area contributed by atoms with Gasteiger partial charge in [-0.25, -0.2) is 0 Å². The number of rotatable bonds is 6. The van der Waals surface area contributed by atoms with Gasteiger partial charge in [-0.2, -0.15) is 0 Å². The smallest absolute Gasteiger partial charge is 0.320 e. The van der Waals surface area contributed by atoms with Crippen LogP contribution in [-0.2, 0) is 4.79 Å². The fraction of sp³-hybridized carbons (Fsp3) is 0.889. The molecule has 0 saturated heterocycles. The van der Waals surface area contributed by atoms with Gasteiger partial charge in [-0.05, 0) is 19.4 Å². The summed E-state index contributed by atoms with van der Waals surface area (Å²) in [6, 6.07) is -0.425. The van der Waals surface area contributed by atoms with Crippen molar-refractivity contribution < 1.29 is 9.90 Å². The molecule has 0 rings (SSSR count). The Labute approximate surface area is 86.3 Å². The highest BCUT2D eigenvalue weighted by molar-refractivity contribution is 5.85. The molecule has 0 radical (unpaired) electrons. The lowest BCUT2D eigenvalue weighted by atomic mass is 10.0. The van der Waals surface area contributed by atoms with E-state index in [9.17, 15) is 4.79 Å². The molecule has 0 amide bonds. The van der Waals surface area contributed by atoms with Gasteiger partial charge in [-0.1, -0.05) is 26.7 Å². The minimum absolute atomic E-state index is 0. The van der Waals surface area contributed by atoms with Crippen molar-refractivity contribution in [1.29, 1.82) is 0 Å². The van der Waals surface area contributed by atoms with E-state index in [1.54, 1.807) is 6.92 Å². The molecule has 2 N–H and O–H groups in total. The average molecular weight is 210 g/mol. The third-order valence-corrected chi connectivity index (χ3v) is 2.24. The van der Waals surface area contributed by atoms with Crippen LogP contribution in [0.3, 0.4) is 0 Å². The highest BCUT2D eigenvalue weighted by Crippen LogP contribution is 2.05. The second kappa shape index (κ2) is 8.32. The summed E-state index contributed by atoms with van der Waals surface area (Å²) in [6.45, 7) is 6.73. The number of hydrogen-bond acceptors (Lipinski definition) is 2. The zero-order valence-corrected chi connectivity index (χ0v) is 9.36. The first kappa shape index (κ1) is 15.2. The zero-order valence-electron chi connectivity index (χ0n) is 8.54. The van der Waals surface area contributed by atoms with Gasteiger partial charge in [0.05, 0.1) is 0 Å². The van der Waals surface area contributed by atoms with Gasteiger partial charge in [0.1, 0.15) is 6.04 Å². The highest BCUT2D eigenvalue weighted by Gasteiger charge is 2.11.